The van der Waals surface area contributed by atoms with Crippen molar-refractivity contribution in [3.8, 4) is 0 Å². The van der Waals surface area contributed by atoms with Crippen LogP contribution in [0.1, 0.15) is 47.3 Å². The second-order valence-corrected chi connectivity index (χ2v) is 7.89. The molecular formula is C23H26N2O5. The van der Waals surface area contributed by atoms with Gasteiger partial charge in [0.25, 0.3) is 5.91 Å². The van der Waals surface area contributed by atoms with Crippen molar-refractivity contribution >= 4 is 28.7 Å². The summed E-state index contributed by atoms with van der Waals surface area (Å²) < 4.78 is 10.2. The Kier molecular flexibility index (Phi) is 5.97. The Balaban J connectivity index is 1.45. The van der Waals surface area contributed by atoms with Crippen molar-refractivity contribution in [1.82, 2.24) is 9.88 Å². The Morgan fingerprint density at radius 1 is 1.10 bits per heavy atom. The second-order valence-electron chi connectivity index (χ2n) is 7.89. The first kappa shape index (κ1) is 20.3. The number of methoxy groups -OCH3 is 1. The molecule has 0 spiro atoms. The molecule has 0 N–H and O–H groups in total. The molecule has 4 rings (SSSR count). The summed E-state index contributed by atoms with van der Waals surface area (Å²) in [5.41, 5.74) is 3.24. The average molecular weight is 410 g/mol. The summed E-state index contributed by atoms with van der Waals surface area (Å²) >= 11 is 0. The lowest BCUT2D eigenvalue weighted by molar-refractivity contribution is -0.149. The Morgan fingerprint density at radius 2 is 1.83 bits per heavy atom. The van der Waals surface area contributed by atoms with Crippen LogP contribution in [0.5, 0.6) is 0 Å². The quantitative estimate of drug-likeness (QED) is 0.721. The summed E-state index contributed by atoms with van der Waals surface area (Å²) in [5.74, 6) is -1.11. The molecule has 158 valence electrons. The fourth-order valence-electron chi connectivity index (χ4n) is 4.43. The lowest BCUT2D eigenvalue weighted by atomic mass is 9.90. The second kappa shape index (κ2) is 8.81. The molecule has 1 aliphatic carbocycles. The van der Waals surface area contributed by atoms with Crippen molar-refractivity contribution in [3.63, 3.8) is 0 Å². The summed E-state index contributed by atoms with van der Waals surface area (Å²) in [7, 11) is 1.38. The zero-order valence-electron chi connectivity index (χ0n) is 17.2. The largest absolute Gasteiger partial charge is 0.469 e. The number of fused-ring (bicyclic) bond motifs is 2. The zero-order valence-corrected chi connectivity index (χ0v) is 17.2. The van der Waals surface area contributed by atoms with Crippen molar-refractivity contribution in [3.05, 3.63) is 41.1 Å². The molecule has 0 bridgehead atoms. The number of aryl methyl sites for hydroxylation is 1. The van der Waals surface area contributed by atoms with Crippen LogP contribution in [-0.4, -0.2) is 54.5 Å². The molecule has 0 unspecified atom stereocenters. The molecule has 1 fully saturated rings. The number of ether oxygens (including phenoxy) is 2. The predicted octanol–water partition coefficient (Wildman–Crippen LogP) is 2.68. The molecule has 0 radical (unpaired) electrons. The van der Waals surface area contributed by atoms with Crippen LogP contribution in [0.4, 0.5) is 0 Å². The standard InChI is InChI=1S/C23H26N2O5/c1-29-22(27)15-10-12-25(13-11-15)20(26)14-30-23(28)21-16-6-2-4-8-18(16)24-19-9-5-3-7-17(19)21/h2,4,6,8,15H,3,5,7,9-14H2,1H3. The summed E-state index contributed by atoms with van der Waals surface area (Å²) in [6.07, 6.45) is 4.86. The highest BCUT2D eigenvalue weighted by atomic mass is 16.5. The zero-order chi connectivity index (χ0) is 21.1. The predicted molar refractivity (Wildman–Crippen MR) is 110 cm³/mol. The first-order valence-corrected chi connectivity index (χ1v) is 10.5. The molecular weight excluding hydrogens is 384 g/mol. The van der Waals surface area contributed by atoms with Crippen LogP contribution in [0.15, 0.2) is 24.3 Å². The number of aromatic nitrogens is 1. The SMILES string of the molecule is COC(=O)C1CCN(C(=O)COC(=O)c2c3c(nc4ccccc24)CCCC3)CC1. The van der Waals surface area contributed by atoms with E-state index in [9.17, 15) is 14.4 Å². The summed E-state index contributed by atoms with van der Waals surface area (Å²) in [6, 6.07) is 7.57. The van der Waals surface area contributed by atoms with Gasteiger partial charge in [0.1, 0.15) is 0 Å². The first-order valence-electron chi connectivity index (χ1n) is 10.5. The molecule has 2 aliphatic rings. The van der Waals surface area contributed by atoms with Crippen molar-refractivity contribution < 1.29 is 23.9 Å². The lowest BCUT2D eigenvalue weighted by Crippen LogP contribution is -2.42. The van der Waals surface area contributed by atoms with Crippen LogP contribution in [0, 0.1) is 5.92 Å². The van der Waals surface area contributed by atoms with Gasteiger partial charge in [-0.25, -0.2) is 4.79 Å². The number of pyridine rings is 1. The number of hydrogen-bond acceptors (Lipinski definition) is 6. The molecule has 2 aromatic rings. The van der Waals surface area contributed by atoms with Gasteiger partial charge in [-0.2, -0.15) is 0 Å². The van der Waals surface area contributed by atoms with Crippen molar-refractivity contribution in [1.29, 1.82) is 0 Å². The van der Waals surface area contributed by atoms with E-state index in [-0.39, 0.29) is 24.4 Å². The van der Waals surface area contributed by atoms with Crippen LogP contribution < -0.4 is 0 Å². The maximum absolute atomic E-state index is 13.0. The molecule has 30 heavy (non-hydrogen) atoms. The third-order valence-corrected chi connectivity index (χ3v) is 6.08. The van der Waals surface area contributed by atoms with Gasteiger partial charge >= 0.3 is 11.9 Å². The van der Waals surface area contributed by atoms with E-state index in [4.69, 9.17) is 14.5 Å². The van der Waals surface area contributed by atoms with Crippen LogP contribution in [0.2, 0.25) is 0 Å². The molecule has 7 heteroatoms. The fourth-order valence-corrected chi connectivity index (χ4v) is 4.43. The van der Waals surface area contributed by atoms with E-state index >= 15 is 0 Å². The Bertz CT molecular complexity index is 979. The van der Waals surface area contributed by atoms with E-state index in [0.29, 0.717) is 31.5 Å². The summed E-state index contributed by atoms with van der Waals surface area (Å²) in [4.78, 5) is 43.6. The molecule has 1 amide bonds. The minimum atomic E-state index is -0.468. The van der Waals surface area contributed by atoms with Gasteiger partial charge in [-0.3, -0.25) is 14.6 Å². The number of nitrogens with zero attached hydrogens (tertiary/aromatic N) is 2. The Hall–Kier alpha value is -2.96. The number of benzene rings is 1. The third-order valence-electron chi connectivity index (χ3n) is 6.08. The van der Waals surface area contributed by atoms with Gasteiger partial charge in [0.05, 0.1) is 24.1 Å². The highest BCUT2D eigenvalue weighted by molar-refractivity contribution is 6.05. The van der Waals surface area contributed by atoms with E-state index in [1.165, 1.54) is 7.11 Å². The normalized spacial score (nSPS) is 16.8. The number of piperidine rings is 1. The molecule has 0 atom stereocenters. The molecule has 1 aromatic carbocycles. The number of carbonyl (C=O) groups excluding carboxylic acids is 3. The highest BCUT2D eigenvalue weighted by Gasteiger charge is 2.29. The van der Waals surface area contributed by atoms with Gasteiger partial charge in [-0.15, -0.1) is 0 Å². The third kappa shape index (κ3) is 4.01. The average Bonchev–Trinajstić information content (AvgIpc) is 2.80. The minimum Gasteiger partial charge on any atom is -0.469 e. The highest BCUT2D eigenvalue weighted by Crippen LogP contribution is 2.30. The summed E-state index contributed by atoms with van der Waals surface area (Å²) in [5, 5.41) is 0.773. The molecule has 2 heterocycles. The van der Waals surface area contributed by atoms with Crippen LogP contribution in [0.25, 0.3) is 10.9 Å². The van der Waals surface area contributed by atoms with Gasteiger partial charge in [-0.05, 0) is 50.2 Å². The number of carbonyl (C=O) groups is 3. The van der Waals surface area contributed by atoms with Gasteiger partial charge in [0.2, 0.25) is 0 Å². The fraction of sp³-hybridized carbons (Fsp3) is 0.478. The molecule has 1 saturated heterocycles. The van der Waals surface area contributed by atoms with E-state index in [0.717, 1.165) is 47.8 Å². The molecule has 1 aromatic heterocycles. The monoisotopic (exact) mass is 410 g/mol. The minimum absolute atomic E-state index is 0.170. The maximum atomic E-state index is 13.0. The van der Waals surface area contributed by atoms with E-state index in [1.54, 1.807) is 4.90 Å². The molecule has 7 nitrogen and oxygen atoms in total. The number of amides is 1. The van der Waals surface area contributed by atoms with Gasteiger partial charge in [0, 0.05) is 24.2 Å². The number of likely N-dealkylation sites (tertiary alicyclic amines) is 1. The van der Waals surface area contributed by atoms with E-state index in [2.05, 4.69) is 0 Å². The van der Waals surface area contributed by atoms with Crippen molar-refractivity contribution in [2.45, 2.75) is 38.5 Å². The Labute approximate surface area is 175 Å². The van der Waals surface area contributed by atoms with Gasteiger partial charge < -0.3 is 14.4 Å². The van der Waals surface area contributed by atoms with E-state index < -0.39 is 5.97 Å². The Morgan fingerprint density at radius 3 is 2.60 bits per heavy atom. The number of esters is 2. The lowest BCUT2D eigenvalue weighted by Gasteiger charge is -2.30. The maximum Gasteiger partial charge on any atom is 0.339 e. The number of hydrogen-bond donors (Lipinski definition) is 0. The van der Waals surface area contributed by atoms with Gasteiger partial charge in [0.15, 0.2) is 6.61 Å². The van der Waals surface area contributed by atoms with E-state index in [1.807, 2.05) is 24.3 Å². The van der Waals surface area contributed by atoms with Crippen LogP contribution >= 0.6 is 0 Å². The van der Waals surface area contributed by atoms with Gasteiger partial charge in [-0.1, -0.05) is 18.2 Å². The molecule has 0 saturated carbocycles. The topological polar surface area (TPSA) is 85.8 Å². The molecule has 1 aliphatic heterocycles. The summed E-state index contributed by atoms with van der Waals surface area (Å²) in [6.45, 7) is 0.626. The van der Waals surface area contributed by atoms with Crippen LogP contribution in [-0.2, 0) is 31.9 Å². The first-order chi connectivity index (χ1) is 14.6. The number of rotatable bonds is 4. The van der Waals surface area contributed by atoms with Crippen molar-refractivity contribution in [2.75, 3.05) is 26.8 Å². The smallest absolute Gasteiger partial charge is 0.339 e. The van der Waals surface area contributed by atoms with Crippen molar-refractivity contribution in [2.24, 2.45) is 5.92 Å². The van der Waals surface area contributed by atoms with Crippen LogP contribution in [0.3, 0.4) is 0 Å². The number of para-hydroxylation sites is 1.